The van der Waals surface area contributed by atoms with Gasteiger partial charge in [0.25, 0.3) is 0 Å². The molecule has 0 saturated heterocycles. The number of halogens is 16. The van der Waals surface area contributed by atoms with Crippen molar-refractivity contribution in [3.63, 3.8) is 0 Å². The van der Waals surface area contributed by atoms with Crippen LogP contribution in [0.25, 0.3) is 0 Å². The second kappa shape index (κ2) is 15.4. The first-order valence-electron chi connectivity index (χ1n) is 12.9. The van der Waals surface area contributed by atoms with Gasteiger partial charge in [0.15, 0.2) is 0 Å². The zero-order valence-electron chi connectivity index (χ0n) is 21.7. The maximum Gasteiger partial charge on any atom is 0.460 e. The van der Waals surface area contributed by atoms with Crippen LogP contribution in [0, 0.1) is 0 Å². The molecule has 1 unspecified atom stereocenters. The Morgan fingerprint density at radius 2 is 0.725 bits per heavy atom. The molecular formula is C24H34F15I. The molecule has 1 atom stereocenters. The molecule has 0 heterocycles. The summed E-state index contributed by atoms with van der Waals surface area (Å²) in [6, 6.07) is 0. The van der Waals surface area contributed by atoms with E-state index < -0.39 is 52.1 Å². The minimum absolute atomic E-state index is 0.148. The van der Waals surface area contributed by atoms with Crippen LogP contribution in [0.4, 0.5) is 65.9 Å². The van der Waals surface area contributed by atoms with Crippen LogP contribution in [0.3, 0.4) is 0 Å². The quantitative estimate of drug-likeness (QED) is 0.0477. The average molecular weight is 734 g/mol. The van der Waals surface area contributed by atoms with Crippen LogP contribution in [0.2, 0.25) is 0 Å². The Hall–Kier alpha value is -0.320. The third kappa shape index (κ3) is 9.34. The van der Waals surface area contributed by atoms with E-state index in [1.807, 2.05) is 0 Å². The average Bonchev–Trinajstić information content (AvgIpc) is 2.80. The summed E-state index contributed by atoms with van der Waals surface area (Å²) in [5.74, 6) is -45.9. The number of hydrogen-bond acceptors (Lipinski definition) is 0. The van der Waals surface area contributed by atoms with Crippen molar-refractivity contribution in [1.82, 2.24) is 0 Å². The summed E-state index contributed by atoms with van der Waals surface area (Å²) >= 11 is 1.13. The van der Waals surface area contributed by atoms with Gasteiger partial charge in [-0.2, -0.15) is 65.9 Å². The molecule has 0 saturated carbocycles. The van der Waals surface area contributed by atoms with E-state index >= 15 is 0 Å². The molecule has 0 nitrogen and oxygen atoms in total. The Balaban J connectivity index is 4.92. The number of hydrogen-bond donors (Lipinski definition) is 0. The highest BCUT2D eigenvalue weighted by Gasteiger charge is 2.93. The van der Waals surface area contributed by atoms with E-state index in [-0.39, 0.29) is 12.8 Å². The minimum atomic E-state index is -8.22. The number of alkyl halides is 16. The standard InChI is InChI=1S/C24H34F15I/c1-2-3-4-5-6-7-8-9-10-11-12-13-14-15-17(40)16-18(25,26)19(27,28)20(29,30)21(31,32)22(33,34)23(35,36)24(37,38)39/h17H,2-16H2,1H3. The van der Waals surface area contributed by atoms with Crippen molar-refractivity contribution in [3.05, 3.63) is 0 Å². The van der Waals surface area contributed by atoms with Crippen LogP contribution in [0.15, 0.2) is 0 Å². The van der Waals surface area contributed by atoms with E-state index in [1.165, 1.54) is 19.3 Å². The Kier molecular flexibility index (Phi) is 15.3. The van der Waals surface area contributed by atoms with Gasteiger partial charge in [0.1, 0.15) is 0 Å². The van der Waals surface area contributed by atoms with Gasteiger partial charge in [0, 0.05) is 10.3 Å². The molecule has 16 heteroatoms. The van der Waals surface area contributed by atoms with Crippen LogP contribution in [0.5, 0.6) is 0 Å². The zero-order valence-corrected chi connectivity index (χ0v) is 23.9. The molecular weight excluding hydrogens is 700 g/mol. The van der Waals surface area contributed by atoms with Crippen LogP contribution in [0.1, 0.15) is 103 Å². The third-order valence-electron chi connectivity index (χ3n) is 6.49. The van der Waals surface area contributed by atoms with E-state index in [9.17, 15) is 65.9 Å². The molecule has 0 aliphatic carbocycles. The fourth-order valence-electron chi connectivity index (χ4n) is 3.89. The molecule has 0 aromatic carbocycles. The fraction of sp³-hybridized carbons (Fsp3) is 1.00. The summed E-state index contributed by atoms with van der Waals surface area (Å²) in [7, 11) is 0. The molecule has 0 radical (unpaired) electrons. The van der Waals surface area contributed by atoms with Gasteiger partial charge in [-0.25, -0.2) is 0 Å². The second-order valence-corrected chi connectivity index (χ2v) is 11.7. The van der Waals surface area contributed by atoms with Gasteiger partial charge in [0.05, 0.1) is 0 Å². The first-order valence-corrected chi connectivity index (χ1v) is 14.2. The summed E-state index contributed by atoms with van der Waals surface area (Å²) < 4.78 is 198. The third-order valence-corrected chi connectivity index (χ3v) is 7.55. The molecule has 242 valence electrons. The molecule has 0 aliphatic heterocycles. The molecule has 0 N–H and O–H groups in total. The SMILES string of the molecule is CCCCCCCCCCCCCCCC(I)CC(F)(F)C(F)(F)C(F)(F)C(F)(F)C(F)(F)C(F)(F)C(F)(F)F. The zero-order chi connectivity index (χ0) is 31.7. The maximum absolute atomic E-state index is 14.0. The largest absolute Gasteiger partial charge is 0.460 e. The highest BCUT2D eigenvalue weighted by atomic mass is 127. The molecule has 0 aromatic rings. The lowest BCUT2D eigenvalue weighted by Gasteiger charge is -2.41. The molecule has 0 aromatic heterocycles. The summed E-state index contributed by atoms with van der Waals surface area (Å²) in [6.45, 7) is 2.12. The smallest absolute Gasteiger partial charge is 0.200 e. The normalized spacial score (nSPS) is 15.5. The first-order chi connectivity index (χ1) is 18.0. The Morgan fingerprint density at radius 1 is 0.425 bits per heavy atom. The minimum Gasteiger partial charge on any atom is -0.200 e. The predicted octanol–water partition coefficient (Wildman–Crippen LogP) is 12.0. The van der Waals surface area contributed by atoms with Gasteiger partial charge in [-0.15, -0.1) is 0 Å². The Bertz CT molecular complexity index is 720. The monoisotopic (exact) mass is 734 g/mol. The van der Waals surface area contributed by atoms with Crippen LogP contribution < -0.4 is 0 Å². The van der Waals surface area contributed by atoms with Crippen molar-refractivity contribution in [1.29, 1.82) is 0 Å². The van der Waals surface area contributed by atoms with Crippen molar-refractivity contribution in [2.24, 2.45) is 0 Å². The number of rotatable bonds is 21. The van der Waals surface area contributed by atoms with E-state index in [1.54, 1.807) is 0 Å². The topological polar surface area (TPSA) is 0 Å². The van der Waals surface area contributed by atoms with Crippen molar-refractivity contribution in [2.45, 2.75) is 149 Å². The van der Waals surface area contributed by atoms with Crippen LogP contribution in [-0.2, 0) is 0 Å². The lowest BCUT2D eigenvalue weighted by Crippen LogP contribution is -2.72. The van der Waals surface area contributed by atoms with Gasteiger partial charge in [-0.1, -0.05) is 113 Å². The van der Waals surface area contributed by atoms with Gasteiger partial charge in [-0.05, 0) is 6.42 Å². The molecule has 0 amide bonds. The van der Waals surface area contributed by atoms with E-state index in [2.05, 4.69) is 6.92 Å². The van der Waals surface area contributed by atoms with E-state index in [0.717, 1.165) is 67.5 Å². The Morgan fingerprint density at radius 3 is 1.07 bits per heavy atom. The molecule has 0 fully saturated rings. The molecule has 0 aliphatic rings. The maximum atomic E-state index is 14.0. The van der Waals surface area contributed by atoms with Crippen LogP contribution >= 0.6 is 22.6 Å². The highest BCUT2D eigenvalue weighted by molar-refractivity contribution is 14.1. The summed E-state index contributed by atoms with van der Waals surface area (Å²) in [5, 5.41) is 0. The number of unbranched alkanes of at least 4 members (excludes halogenated alkanes) is 12. The van der Waals surface area contributed by atoms with E-state index in [0.29, 0.717) is 12.8 Å². The molecule has 0 bridgehead atoms. The van der Waals surface area contributed by atoms with Crippen molar-refractivity contribution < 1.29 is 65.9 Å². The second-order valence-electron chi connectivity index (χ2n) is 9.91. The van der Waals surface area contributed by atoms with Crippen molar-refractivity contribution in [3.8, 4) is 0 Å². The fourth-order valence-corrected chi connectivity index (χ4v) is 4.88. The Labute approximate surface area is 237 Å². The summed E-state index contributed by atoms with van der Waals surface area (Å²) in [6.07, 6.45) is 1.80. The van der Waals surface area contributed by atoms with Crippen molar-refractivity contribution >= 4 is 22.6 Å². The first kappa shape index (κ1) is 39.7. The van der Waals surface area contributed by atoms with Gasteiger partial charge < -0.3 is 0 Å². The van der Waals surface area contributed by atoms with Gasteiger partial charge >= 0.3 is 41.7 Å². The lowest BCUT2D eigenvalue weighted by molar-refractivity contribution is -0.452. The predicted molar refractivity (Wildman–Crippen MR) is 128 cm³/mol. The molecule has 40 heavy (non-hydrogen) atoms. The van der Waals surface area contributed by atoms with Gasteiger partial charge in [0.2, 0.25) is 0 Å². The summed E-state index contributed by atoms with van der Waals surface area (Å²) in [4.78, 5) is 0. The van der Waals surface area contributed by atoms with Crippen LogP contribution in [-0.4, -0.2) is 45.6 Å². The summed E-state index contributed by atoms with van der Waals surface area (Å²) in [5.41, 5.74) is 0. The van der Waals surface area contributed by atoms with E-state index in [4.69, 9.17) is 0 Å². The molecule has 0 rings (SSSR count). The van der Waals surface area contributed by atoms with Gasteiger partial charge in [-0.3, -0.25) is 0 Å². The lowest BCUT2D eigenvalue weighted by atomic mass is 9.89. The van der Waals surface area contributed by atoms with Crippen molar-refractivity contribution in [2.75, 3.05) is 0 Å². The highest BCUT2D eigenvalue weighted by Crippen LogP contribution is 2.62. The molecule has 0 spiro atoms.